The van der Waals surface area contributed by atoms with Gasteiger partial charge >= 0.3 is 12.1 Å². The number of carboxylic acids is 1. The van der Waals surface area contributed by atoms with Crippen molar-refractivity contribution in [2.45, 2.75) is 58.3 Å². The highest BCUT2D eigenvalue weighted by Crippen LogP contribution is 2.08. The predicted octanol–water partition coefficient (Wildman–Crippen LogP) is 1.13. The van der Waals surface area contributed by atoms with Crippen LogP contribution < -0.4 is 5.32 Å². The highest BCUT2D eigenvalue weighted by Gasteiger charge is 2.29. The smallest absolute Gasteiger partial charge is 0.408 e. The Morgan fingerprint density at radius 3 is 2.24 bits per heavy atom. The maximum absolute atomic E-state index is 11.4. The second-order valence-corrected chi connectivity index (χ2v) is 4.82. The molecule has 0 aromatic heterocycles. The molecule has 0 aliphatic heterocycles. The van der Waals surface area contributed by atoms with Crippen LogP contribution in [0.25, 0.3) is 0 Å². The summed E-state index contributed by atoms with van der Waals surface area (Å²) in [6.45, 7) is 6.83. The molecule has 0 aromatic carbocycles. The highest BCUT2D eigenvalue weighted by atomic mass is 16.6. The van der Waals surface area contributed by atoms with Crippen LogP contribution in [0.3, 0.4) is 0 Å². The molecule has 0 rings (SSSR count). The van der Waals surface area contributed by atoms with Crippen LogP contribution in [-0.2, 0) is 9.53 Å². The molecule has 0 aliphatic rings. The monoisotopic (exact) mass is 247 g/mol. The van der Waals surface area contributed by atoms with Gasteiger partial charge < -0.3 is 20.3 Å². The van der Waals surface area contributed by atoms with Gasteiger partial charge in [-0.15, -0.1) is 0 Å². The summed E-state index contributed by atoms with van der Waals surface area (Å²) < 4.78 is 4.92. The number of aliphatic hydroxyl groups excluding tert-OH is 1. The average Bonchev–Trinajstić information content (AvgIpc) is 2.11. The molecule has 3 N–H and O–H groups in total. The van der Waals surface area contributed by atoms with Crippen molar-refractivity contribution in [2.24, 2.45) is 0 Å². The zero-order valence-corrected chi connectivity index (χ0v) is 10.7. The molecule has 0 fully saturated rings. The van der Waals surface area contributed by atoms with Crippen LogP contribution in [0.5, 0.6) is 0 Å². The first kappa shape index (κ1) is 15.7. The summed E-state index contributed by atoms with van der Waals surface area (Å²) in [6.07, 6.45) is -1.04. The molecule has 0 heterocycles. The molecule has 100 valence electrons. The van der Waals surface area contributed by atoms with E-state index in [4.69, 9.17) is 9.84 Å². The predicted molar refractivity (Wildman–Crippen MR) is 61.7 cm³/mol. The van der Waals surface area contributed by atoms with Crippen LogP contribution in [0.4, 0.5) is 4.79 Å². The Hall–Kier alpha value is -1.30. The SMILES string of the molecule is CCC[C@H](O)[C@H](NC(=O)OC(C)(C)C)C(=O)O. The number of hydrogen-bond donors (Lipinski definition) is 3. The topological polar surface area (TPSA) is 95.9 Å². The summed E-state index contributed by atoms with van der Waals surface area (Å²) in [4.78, 5) is 22.3. The van der Waals surface area contributed by atoms with Crippen molar-refractivity contribution < 1.29 is 24.5 Å². The molecule has 0 spiro atoms. The number of carboxylic acid groups (broad SMARTS) is 1. The van der Waals surface area contributed by atoms with Gasteiger partial charge in [0.2, 0.25) is 0 Å². The van der Waals surface area contributed by atoms with E-state index in [0.29, 0.717) is 12.8 Å². The van der Waals surface area contributed by atoms with Gasteiger partial charge in [-0.25, -0.2) is 9.59 Å². The van der Waals surface area contributed by atoms with E-state index in [9.17, 15) is 14.7 Å². The van der Waals surface area contributed by atoms with Crippen LogP contribution in [-0.4, -0.2) is 40.0 Å². The number of carbonyl (C=O) groups excluding carboxylic acids is 1. The Balaban J connectivity index is 4.45. The fraction of sp³-hybridized carbons (Fsp3) is 0.818. The number of hydrogen-bond acceptors (Lipinski definition) is 4. The number of alkyl carbamates (subject to hydrolysis) is 1. The third-order valence-electron chi connectivity index (χ3n) is 1.91. The molecule has 0 unspecified atom stereocenters. The minimum atomic E-state index is -1.34. The van der Waals surface area contributed by atoms with Crippen molar-refractivity contribution >= 4 is 12.1 Å². The van der Waals surface area contributed by atoms with Gasteiger partial charge in [0.15, 0.2) is 6.04 Å². The Bertz CT molecular complexity index is 272. The molecule has 0 saturated heterocycles. The van der Waals surface area contributed by atoms with Gasteiger partial charge in [0.25, 0.3) is 0 Å². The number of ether oxygens (including phenoxy) is 1. The van der Waals surface area contributed by atoms with E-state index in [-0.39, 0.29) is 0 Å². The number of aliphatic carboxylic acids is 1. The van der Waals surface area contributed by atoms with Crippen LogP contribution in [0, 0.1) is 0 Å². The fourth-order valence-corrected chi connectivity index (χ4v) is 1.22. The van der Waals surface area contributed by atoms with Gasteiger partial charge in [-0.2, -0.15) is 0 Å². The quantitative estimate of drug-likeness (QED) is 0.676. The molecule has 17 heavy (non-hydrogen) atoms. The van der Waals surface area contributed by atoms with Crippen molar-refractivity contribution in [2.75, 3.05) is 0 Å². The van der Waals surface area contributed by atoms with E-state index in [1.807, 2.05) is 6.92 Å². The van der Waals surface area contributed by atoms with Gasteiger partial charge in [-0.05, 0) is 27.2 Å². The number of rotatable bonds is 5. The number of carbonyl (C=O) groups is 2. The molecule has 2 atom stereocenters. The van der Waals surface area contributed by atoms with Crippen LogP contribution >= 0.6 is 0 Å². The average molecular weight is 247 g/mol. The van der Waals surface area contributed by atoms with Gasteiger partial charge in [-0.3, -0.25) is 0 Å². The minimum absolute atomic E-state index is 0.298. The minimum Gasteiger partial charge on any atom is -0.480 e. The summed E-state index contributed by atoms with van der Waals surface area (Å²) in [5.41, 5.74) is -0.706. The first-order valence-electron chi connectivity index (χ1n) is 5.57. The standard InChI is InChI=1S/C11H21NO5/c1-5-6-7(13)8(9(14)15)12-10(16)17-11(2,3)4/h7-8,13H,5-6H2,1-4H3,(H,12,16)(H,14,15)/t7-,8-/m0/s1. The zero-order valence-electron chi connectivity index (χ0n) is 10.7. The van der Waals surface area contributed by atoms with Crippen molar-refractivity contribution in [1.29, 1.82) is 0 Å². The van der Waals surface area contributed by atoms with Crippen LogP contribution in [0.2, 0.25) is 0 Å². The second kappa shape index (κ2) is 6.44. The lowest BCUT2D eigenvalue weighted by molar-refractivity contribution is -0.142. The number of aliphatic hydroxyl groups is 1. The van der Waals surface area contributed by atoms with E-state index in [2.05, 4.69) is 5.32 Å². The first-order chi connectivity index (χ1) is 7.67. The van der Waals surface area contributed by atoms with Crippen molar-refractivity contribution in [1.82, 2.24) is 5.32 Å². The maximum Gasteiger partial charge on any atom is 0.408 e. The van der Waals surface area contributed by atoms with Crippen molar-refractivity contribution in [3.05, 3.63) is 0 Å². The molecule has 1 amide bonds. The second-order valence-electron chi connectivity index (χ2n) is 4.82. The molecule has 0 saturated carbocycles. The molecule has 0 aliphatic carbocycles. The maximum atomic E-state index is 11.4. The van der Waals surface area contributed by atoms with Gasteiger partial charge in [0.1, 0.15) is 5.60 Å². The normalized spacial score (nSPS) is 14.9. The third-order valence-corrected chi connectivity index (χ3v) is 1.91. The molecule has 0 aromatic rings. The Labute approximate surface area is 101 Å². The lowest BCUT2D eigenvalue weighted by Crippen LogP contribution is -2.50. The largest absolute Gasteiger partial charge is 0.480 e. The lowest BCUT2D eigenvalue weighted by atomic mass is 10.1. The summed E-state index contributed by atoms with van der Waals surface area (Å²) >= 11 is 0. The molecule has 6 nitrogen and oxygen atoms in total. The molecular formula is C11H21NO5. The Morgan fingerprint density at radius 2 is 1.88 bits per heavy atom. The molecule has 6 heteroatoms. The molecule has 0 radical (unpaired) electrons. The first-order valence-corrected chi connectivity index (χ1v) is 5.57. The van der Waals surface area contributed by atoms with E-state index >= 15 is 0 Å². The van der Waals surface area contributed by atoms with Crippen molar-refractivity contribution in [3.63, 3.8) is 0 Å². The summed E-state index contributed by atoms with van der Waals surface area (Å²) in [6, 6.07) is -1.34. The van der Waals surface area contributed by atoms with Gasteiger partial charge in [0.05, 0.1) is 6.10 Å². The van der Waals surface area contributed by atoms with E-state index in [0.717, 1.165) is 0 Å². The van der Waals surface area contributed by atoms with E-state index < -0.39 is 29.8 Å². The van der Waals surface area contributed by atoms with Gasteiger partial charge in [0, 0.05) is 0 Å². The molecular weight excluding hydrogens is 226 g/mol. The molecule has 0 bridgehead atoms. The van der Waals surface area contributed by atoms with Crippen molar-refractivity contribution in [3.8, 4) is 0 Å². The Kier molecular flexibility index (Phi) is 5.95. The number of nitrogens with one attached hydrogen (secondary N) is 1. The fourth-order valence-electron chi connectivity index (χ4n) is 1.22. The van der Waals surface area contributed by atoms with E-state index in [1.54, 1.807) is 20.8 Å². The van der Waals surface area contributed by atoms with E-state index in [1.165, 1.54) is 0 Å². The van der Waals surface area contributed by atoms with Crippen LogP contribution in [0.15, 0.2) is 0 Å². The summed E-state index contributed by atoms with van der Waals surface area (Å²) in [5, 5.41) is 20.6. The zero-order chi connectivity index (χ0) is 13.6. The number of amides is 1. The summed E-state index contributed by atoms with van der Waals surface area (Å²) in [7, 11) is 0. The summed E-state index contributed by atoms with van der Waals surface area (Å²) in [5.74, 6) is -1.28. The highest BCUT2D eigenvalue weighted by molar-refractivity contribution is 5.80. The van der Waals surface area contributed by atoms with Crippen LogP contribution in [0.1, 0.15) is 40.5 Å². The third kappa shape index (κ3) is 6.78. The lowest BCUT2D eigenvalue weighted by Gasteiger charge is -2.24. The van der Waals surface area contributed by atoms with Gasteiger partial charge in [-0.1, -0.05) is 13.3 Å². The Morgan fingerprint density at radius 1 is 1.35 bits per heavy atom.